The van der Waals surface area contributed by atoms with Crippen LogP contribution in [0.1, 0.15) is 57.4 Å². The van der Waals surface area contributed by atoms with E-state index in [0.717, 1.165) is 50.2 Å². The summed E-state index contributed by atoms with van der Waals surface area (Å²) >= 11 is 1.71. The number of carboxylic acids is 1. The lowest BCUT2D eigenvalue weighted by molar-refractivity contribution is -0.137. The zero-order valence-corrected chi connectivity index (χ0v) is 18.3. The first-order valence-electron chi connectivity index (χ1n) is 10.8. The molecule has 0 radical (unpaired) electrons. The Kier molecular flexibility index (Phi) is 10.6. The second-order valence-electron chi connectivity index (χ2n) is 8.04. The predicted molar refractivity (Wildman–Crippen MR) is 118 cm³/mol. The van der Waals surface area contributed by atoms with Crippen LogP contribution < -0.4 is 0 Å². The minimum atomic E-state index is -0.753. The van der Waals surface area contributed by atoms with Gasteiger partial charge in [0.2, 0.25) is 5.91 Å². The molecule has 0 saturated carbocycles. The summed E-state index contributed by atoms with van der Waals surface area (Å²) in [6.07, 6.45) is 5.56. The van der Waals surface area contributed by atoms with Gasteiger partial charge in [-0.1, -0.05) is 37.3 Å². The number of likely N-dealkylation sites (tertiary alicyclic amines) is 1. The maximum absolute atomic E-state index is 12.2. The molecule has 1 heterocycles. The van der Waals surface area contributed by atoms with E-state index < -0.39 is 5.97 Å². The van der Waals surface area contributed by atoms with Gasteiger partial charge >= 0.3 is 5.97 Å². The predicted octanol–water partition coefficient (Wildman–Crippen LogP) is 3.99. The Morgan fingerprint density at radius 1 is 1.24 bits per heavy atom. The van der Waals surface area contributed by atoms with E-state index in [4.69, 9.17) is 5.11 Å². The number of hydrogen-bond acceptors (Lipinski definition) is 4. The van der Waals surface area contributed by atoms with Gasteiger partial charge in [0.25, 0.3) is 0 Å². The number of carboxylic acid groups (broad SMARTS) is 1. The Morgan fingerprint density at radius 2 is 2.00 bits per heavy atom. The highest BCUT2D eigenvalue weighted by Gasteiger charge is 2.31. The summed E-state index contributed by atoms with van der Waals surface area (Å²) in [4.78, 5) is 24.7. The molecular weight excluding hydrogens is 386 g/mol. The van der Waals surface area contributed by atoms with E-state index in [2.05, 4.69) is 19.1 Å². The number of amides is 1. The van der Waals surface area contributed by atoms with Crippen LogP contribution >= 0.6 is 11.8 Å². The molecule has 1 aliphatic heterocycles. The molecule has 1 amide bonds. The molecule has 162 valence electrons. The van der Waals surface area contributed by atoms with E-state index in [-0.39, 0.29) is 30.4 Å². The van der Waals surface area contributed by atoms with Crippen LogP contribution in [0.25, 0.3) is 0 Å². The molecule has 0 aromatic heterocycles. The Hall–Kier alpha value is -1.53. The molecule has 2 rings (SSSR count). The molecule has 2 N–H and O–H groups in total. The topological polar surface area (TPSA) is 77.8 Å². The molecule has 0 bridgehead atoms. The lowest BCUT2D eigenvalue weighted by Crippen LogP contribution is -2.35. The van der Waals surface area contributed by atoms with Gasteiger partial charge in [0.15, 0.2) is 0 Å². The quantitative estimate of drug-likeness (QED) is 0.444. The first-order chi connectivity index (χ1) is 14.0. The molecule has 29 heavy (non-hydrogen) atoms. The minimum Gasteiger partial charge on any atom is -0.481 e. The van der Waals surface area contributed by atoms with Crippen LogP contribution in [0.2, 0.25) is 0 Å². The lowest BCUT2D eigenvalue weighted by atomic mass is 9.92. The van der Waals surface area contributed by atoms with Crippen LogP contribution in [0.15, 0.2) is 30.3 Å². The van der Waals surface area contributed by atoms with Crippen LogP contribution in [0, 0.1) is 5.92 Å². The third-order valence-electron chi connectivity index (χ3n) is 5.79. The molecule has 6 heteroatoms. The van der Waals surface area contributed by atoms with Gasteiger partial charge in [0, 0.05) is 31.2 Å². The molecule has 1 aromatic carbocycles. The summed E-state index contributed by atoms with van der Waals surface area (Å²) in [6, 6.07) is 10.6. The molecule has 5 nitrogen and oxygen atoms in total. The van der Waals surface area contributed by atoms with E-state index in [1.165, 1.54) is 5.56 Å². The van der Waals surface area contributed by atoms with Crippen LogP contribution in [0.4, 0.5) is 0 Å². The molecule has 0 spiro atoms. The first-order valence-corrected chi connectivity index (χ1v) is 11.9. The summed E-state index contributed by atoms with van der Waals surface area (Å²) in [5, 5.41) is 19.2. The van der Waals surface area contributed by atoms with Crippen molar-refractivity contribution >= 4 is 23.6 Å². The molecule has 0 aliphatic carbocycles. The number of aliphatic hydroxyl groups excluding tert-OH is 1. The summed E-state index contributed by atoms with van der Waals surface area (Å²) in [6.45, 7) is 2.83. The number of aryl methyl sites for hydroxylation is 1. The summed E-state index contributed by atoms with van der Waals surface area (Å²) in [5.74, 6) is 1.37. The first kappa shape index (κ1) is 23.7. The molecule has 1 aliphatic rings. The van der Waals surface area contributed by atoms with Gasteiger partial charge in [-0.15, -0.1) is 0 Å². The van der Waals surface area contributed by atoms with Gasteiger partial charge in [-0.3, -0.25) is 9.59 Å². The Morgan fingerprint density at radius 3 is 2.72 bits per heavy atom. The van der Waals surface area contributed by atoms with Gasteiger partial charge in [-0.05, 0) is 55.8 Å². The molecule has 3 atom stereocenters. The van der Waals surface area contributed by atoms with Crippen LogP contribution in [0.5, 0.6) is 0 Å². The normalized spacial score (nSPS) is 18.8. The van der Waals surface area contributed by atoms with Gasteiger partial charge in [0.1, 0.15) is 0 Å². The third-order valence-corrected chi connectivity index (χ3v) is 6.84. The fourth-order valence-electron chi connectivity index (χ4n) is 3.87. The van der Waals surface area contributed by atoms with Gasteiger partial charge in [0.05, 0.1) is 6.10 Å². The lowest BCUT2D eigenvalue weighted by Gasteiger charge is -2.27. The second-order valence-corrected chi connectivity index (χ2v) is 9.26. The molecule has 1 aromatic rings. The Balaban J connectivity index is 1.66. The van der Waals surface area contributed by atoms with Gasteiger partial charge in [-0.25, -0.2) is 0 Å². The number of benzene rings is 1. The van der Waals surface area contributed by atoms with E-state index in [9.17, 15) is 14.7 Å². The number of rotatable bonds is 14. The van der Waals surface area contributed by atoms with Crippen molar-refractivity contribution in [3.05, 3.63) is 35.9 Å². The van der Waals surface area contributed by atoms with Crippen molar-refractivity contribution in [3.63, 3.8) is 0 Å². The van der Waals surface area contributed by atoms with E-state index in [1.54, 1.807) is 11.8 Å². The van der Waals surface area contributed by atoms with Crippen LogP contribution in [0.3, 0.4) is 0 Å². The summed E-state index contributed by atoms with van der Waals surface area (Å²) in [5.41, 5.74) is 1.31. The van der Waals surface area contributed by atoms with Crippen LogP contribution in [-0.2, 0) is 16.0 Å². The summed E-state index contributed by atoms with van der Waals surface area (Å²) < 4.78 is 0. The van der Waals surface area contributed by atoms with Gasteiger partial charge < -0.3 is 15.1 Å². The van der Waals surface area contributed by atoms with Crippen molar-refractivity contribution in [1.82, 2.24) is 4.90 Å². The number of carbonyl (C=O) groups is 2. The van der Waals surface area contributed by atoms with Crippen molar-refractivity contribution < 1.29 is 19.8 Å². The zero-order valence-electron chi connectivity index (χ0n) is 17.5. The largest absolute Gasteiger partial charge is 0.481 e. The molecular formula is C23H35NO4S. The number of nitrogens with zero attached hydrogens (tertiary/aromatic N) is 1. The molecule has 0 unspecified atom stereocenters. The minimum absolute atomic E-state index is 0.207. The molecule has 1 saturated heterocycles. The van der Waals surface area contributed by atoms with Crippen molar-refractivity contribution in [2.45, 2.75) is 70.4 Å². The fourth-order valence-corrected chi connectivity index (χ4v) is 4.75. The standard InChI is InChI=1S/C23H35NO4S/c1-18(9-10-19-6-3-2-4-7-19)21(25)13-11-20-12-14-22(26)24(20)15-17-29-16-5-8-23(27)28/h2-4,6-7,18,20-21,25H,5,8-17H2,1H3,(H,27,28)/t18-,20-,21+/m0/s1. The van der Waals surface area contributed by atoms with Crippen molar-refractivity contribution in [2.24, 2.45) is 5.92 Å². The second kappa shape index (κ2) is 12.9. The van der Waals surface area contributed by atoms with Crippen molar-refractivity contribution in [2.75, 3.05) is 18.1 Å². The highest BCUT2D eigenvalue weighted by molar-refractivity contribution is 7.99. The van der Waals surface area contributed by atoms with Crippen molar-refractivity contribution in [3.8, 4) is 0 Å². The number of aliphatic carboxylic acids is 1. The summed E-state index contributed by atoms with van der Waals surface area (Å²) in [7, 11) is 0. The Labute approximate surface area is 178 Å². The molecule has 1 fully saturated rings. The van der Waals surface area contributed by atoms with E-state index >= 15 is 0 Å². The third kappa shape index (κ3) is 8.79. The smallest absolute Gasteiger partial charge is 0.303 e. The number of hydrogen-bond donors (Lipinski definition) is 2. The maximum atomic E-state index is 12.2. The monoisotopic (exact) mass is 421 g/mol. The fraction of sp³-hybridized carbons (Fsp3) is 0.652. The average molecular weight is 422 g/mol. The number of thioether (sulfide) groups is 1. The zero-order chi connectivity index (χ0) is 21.1. The number of aliphatic hydroxyl groups is 1. The highest BCUT2D eigenvalue weighted by atomic mass is 32.2. The van der Waals surface area contributed by atoms with Crippen LogP contribution in [-0.4, -0.2) is 57.2 Å². The number of carbonyl (C=O) groups excluding carboxylic acids is 1. The Bertz CT molecular complexity index is 625. The maximum Gasteiger partial charge on any atom is 0.303 e. The SMILES string of the molecule is C[C@@H](CCc1ccccc1)[C@H](O)CC[C@H]1CCC(=O)N1CCSCCCC(=O)O. The highest BCUT2D eigenvalue weighted by Crippen LogP contribution is 2.25. The van der Waals surface area contributed by atoms with Crippen molar-refractivity contribution in [1.29, 1.82) is 0 Å². The van der Waals surface area contributed by atoms with E-state index in [0.29, 0.717) is 12.8 Å². The average Bonchev–Trinajstić information content (AvgIpc) is 3.07. The van der Waals surface area contributed by atoms with Gasteiger partial charge in [-0.2, -0.15) is 11.8 Å². The van der Waals surface area contributed by atoms with E-state index in [1.807, 2.05) is 23.1 Å².